The first-order valence-corrected chi connectivity index (χ1v) is 6.97. The van der Waals surface area contributed by atoms with Gasteiger partial charge in [0.2, 0.25) is 17.2 Å². The number of para-hydroxylation sites is 1. The van der Waals surface area contributed by atoms with E-state index in [0.29, 0.717) is 31.4 Å². The summed E-state index contributed by atoms with van der Waals surface area (Å²) in [5.41, 5.74) is 0.900. The second-order valence-electron chi connectivity index (χ2n) is 4.15. The zero-order chi connectivity index (χ0) is 15.1. The van der Waals surface area contributed by atoms with Crippen LogP contribution in [-0.2, 0) is 0 Å². The van der Waals surface area contributed by atoms with E-state index < -0.39 is 0 Å². The van der Waals surface area contributed by atoms with E-state index in [1.165, 1.54) is 0 Å². The number of benzene rings is 1. The highest BCUT2D eigenvalue weighted by atomic mass is 35.5. The van der Waals surface area contributed by atoms with Crippen molar-refractivity contribution in [3.8, 4) is 6.07 Å². The molecule has 0 fully saturated rings. The molecule has 0 spiro atoms. The van der Waals surface area contributed by atoms with E-state index in [1.807, 2.05) is 42.2 Å². The van der Waals surface area contributed by atoms with Gasteiger partial charge in [-0.15, -0.1) is 0 Å². The Morgan fingerprint density at radius 3 is 2.67 bits per heavy atom. The molecular weight excluding hydrogens is 288 g/mol. The number of hydrogen-bond donors (Lipinski definition) is 1. The molecule has 0 saturated heterocycles. The van der Waals surface area contributed by atoms with Crippen LogP contribution in [0, 0.1) is 11.3 Å². The second-order valence-corrected chi connectivity index (χ2v) is 4.49. The van der Waals surface area contributed by atoms with Crippen molar-refractivity contribution in [1.29, 1.82) is 5.26 Å². The van der Waals surface area contributed by atoms with Crippen molar-refractivity contribution in [3.05, 3.63) is 35.6 Å². The van der Waals surface area contributed by atoms with Gasteiger partial charge in [0.05, 0.1) is 12.5 Å². The maximum Gasteiger partial charge on any atom is 0.236 e. The molecule has 2 aromatic rings. The van der Waals surface area contributed by atoms with E-state index in [4.69, 9.17) is 16.9 Å². The Labute approximate surface area is 128 Å². The average Bonchev–Trinajstić information content (AvgIpc) is 2.48. The smallest absolute Gasteiger partial charge is 0.236 e. The minimum atomic E-state index is 0.119. The standard InChI is InChI=1S/C14H15ClN6/c1-2-17-13-18-12(15)19-14(20-13)21(10-6-9-16)11-7-4-3-5-8-11/h3-5,7-8H,2,6,10H2,1H3,(H,17,18,19,20). The molecule has 6 nitrogen and oxygen atoms in total. The lowest BCUT2D eigenvalue weighted by Crippen LogP contribution is -2.21. The highest BCUT2D eigenvalue weighted by Crippen LogP contribution is 2.23. The molecule has 108 valence electrons. The second kappa shape index (κ2) is 7.41. The van der Waals surface area contributed by atoms with Gasteiger partial charge >= 0.3 is 0 Å². The molecule has 0 atom stereocenters. The molecular formula is C14H15ClN6. The Morgan fingerprint density at radius 1 is 1.24 bits per heavy atom. The van der Waals surface area contributed by atoms with Gasteiger partial charge in [0.15, 0.2) is 0 Å². The maximum absolute atomic E-state index is 8.83. The quantitative estimate of drug-likeness (QED) is 0.884. The number of rotatable bonds is 6. The van der Waals surface area contributed by atoms with Gasteiger partial charge in [-0.05, 0) is 30.7 Å². The number of halogens is 1. The minimum Gasteiger partial charge on any atom is -0.354 e. The molecule has 0 unspecified atom stereocenters. The van der Waals surface area contributed by atoms with Crippen LogP contribution >= 0.6 is 11.6 Å². The first-order valence-electron chi connectivity index (χ1n) is 6.59. The zero-order valence-corrected chi connectivity index (χ0v) is 12.4. The molecule has 1 heterocycles. The summed E-state index contributed by atoms with van der Waals surface area (Å²) in [4.78, 5) is 14.4. The van der Waals surface area contributed by atoms with Gasteiger partial charge in [0.1, 0.15) is 0 Å². The van der Waals surface area contributed by atoms with Crippen LogP contribution in [-0.4, -0.2) is 28.0 Å². The third-order valence-electron chi connectivity index (χ3n) is 2.69. The lowest BCUT2D eigenvalue weighted by Gasteiger charge is -2.21. The number of nitriles is 1. The van der Waals surface area contributed by atoms with Crippen molar-refractivity contribution in [2.24, 2.45) is 0 Å². The lowest BCUT2D eigenvalue weighted by molar-refractivity contribution is 0.882. The van der Waals surface area contributed by atoms with Crippen LogP contribution in [0.2, 0.25) is 5.28 Å². The first kappa shape index (κ1) is 15.0. The number of nitrogens with zero attached hydrogens (tertiary/aromatic N) is 5. The Kier molecular flexibility index (Phi) is 5.29. The van der Waals surface area contributed by atoms with Gasteiger partial charge in [0.25, 0.3) is 0 Å². The number of aromatic nitrogens is 3. The molecule has 1 aromatic carbocycles. The normalized spacial score (nSPS) is 9.95. The Bertz CT molecular complexity index is 625. The molecule has 7 heteroatoms. The van der Waals surface area contributed by atoms with Crippen LogP contribution in [0.15, 0.2) is 30.3 Å². The zero-order valence-electron chi connectivity index (χ0n) is 11.6. The fourth-order valence-corrected chi connectivity index (χ4v) is 1.97. The minimum absolute atomic E-state index is 0.119. The summed E-state index contributed by atoms with van der Waals surface area (Å²) in [6.45, 7) is 3.11. The molecule has 21 heavy (non-hydrogen) atoms. The monoisotopic (exact) mass is 302 g/mol. The van der Waals surface area contributed by atoms with Gasteiger partial charge in [-0.25, -0.2) is 0 Å². The predicted molar refractivity (Wildman–Crippen MR) is 82.7 cm³/mol. The fraction of sp³-hybridized carbons (Fsp3) is 0.286. The molecule has 0 aliphatic rings. The van der Waals surface area contributed by atoms with Crippen molar-refractivity contribution in [3.63, 3.8) is 0 Å². The fourth-order valence-electron chi connectivity index (χ4n) is 1.81. The Balaban J connectivity index is 2.39. The summed E-state index contributed by atoms with van der Waals surface area (Å²) >= 11 is 5.96. The van der Waals surface area contributed by atoms with Crippen molar-refractivity contribution >= 4 is 29.2 Å². The number of anilines is 3. The molecule has 0 amide bonds. The van der Waals surface area contributed by atoms with Crippen molar-refractivity contribution < 1.29 is 0 Å². The highest BCUT2D eigenvalue weighted by molar-refractivity contribution is 6.28. The topological polar surface area (TPSA) is 77.7 Å². The summed E-state index contributed by atoms with van der Waals surface area (Å²) in [6.07, 6.45) is 0.356. The van der Waals surface area contributed by atoms with Gasteiger partial charge in [-0.3, -0.25) is 0 Å². The molecule has 1 N–H and O–H groups in total. The largest absolute Gasteiger partial charge is 0.354 e. The lowest BCUT2D eigenvalue weighted by atomic mass is 10.3. The molecule has 2 rings (SSSR count). The predicted octanol–water partition coefficient (Wildman–Crippen LogP) is 3.01. The summed E-state index contributed by atoms with van der Waals surface area (Å²) in [6, 6.07) is 11.8. The van der Waals surface area contributed by atoms with E-state index in [2.05, 4.69) is 26.3 Å². The van der Waals surface area contributed by atoms with E-state index in [9.17, 15) is 0 Å². The van der Waals surface area contributed by atoms with Crippen LogP contribution in [0.3, 0.4) is 0 Å². The van der Waals surface area contributed by atoms with E-state index in [0.717, 1.165) is 5.69 Å². The SMILES string of the molecule is CCNc1nc(Cl)nc(N(CCC#N)c2ccccc2)n1. The summed E-state index contributed by atoms with van der Waals surface area (Å²) in [5, 5.41) is 12.0. The summed E-state index contributed by atoms with van der Waals surface area (Å²) < 4.78 is 0. The van der Waals surface area contributed by atoms with Gasteiger partial charge < -0.3 is 10.2 Å². The van der Waals surface area contributed by atoms with Crippen LogP contribution in [0.4, 0.5) is 17.6 Å². The van der Waals surface area contributed by atoms with E-state index in [1.54, 1.807) is 0 Å². The van der Waals surface area contributed by atoms with Crippen molar-refractivity contribution in [2.75, 3.05) is 23.3 Å². The maximum atomic E-state index is 8.83. The molecule has 1 aromatic heterocycles. The third kappa shape index (κ3) is 4.04. The molecule has 0 bridgehead atoms. The number of nitrogens with one attached hydrogen (secondary N) is 1. The van der Waals surface area contributed by atoms with Gasteiger partial charge in [-0.1, -0.05) is 18.2 Å². The van der Waals surface area contributed by atoms with Crippen LogP contribution in [0.5, 0.6) is 0 Å². The van der Waals surface area contributed by atoms with E-state index >= 15 is 0 Å². The highest BCUT2D eigenvalue weighted by Gasteiger charge is 2.14. The van der Waals surface area contributed by atoms with E-state index in [-0.39, 0.29) is 5.28 Å². The molecule has 0 radical (unpaired) electrons. The van der Waals surface area contributed by atoms with Crippen LogP contribution in [0.1, 0.15) is 13.3 Å². The molecule has 0 aliphatic heterocycles. The number of hydrogen-bond acceptors (Lipinski definition) is 6. The van der Waals surface area contributed by atoms with Crippen molar-refractivity contribution in [2.45, 2.75) is 13.3 Å². The van der Waals surface area contributed by atoms with Gasteiger partial charge in [0, 0.05) is 18.8 Å². The van der Waals surface area contributed by atoms with Crippen molar-refractivity contribution in [1.82, 2.24) is 15.0 Å². The van der Waals surface area contributed by atoms with Gasteiger partial charge in [-0.2, -0.15) is 20.2 Å². The Morgan fingerprint density at radius 2 is 2.00 bits per heavy atom. The van der Waals surface area contributed by atoms with Crippen LogP contribution in [0.25, 0.3) is 0 Å². The molecule has 0 saturated carbocycles. The Hall–Kier alpha value is -2.39. The summed E-state index contributed by atoms with van der Waals surface area (Å²) in [7, 11) is 0. The molecule has 0 aliphatic carbocycles. The first-order chi connectivity index (χ1) is 10.2. The van der Waals surface area contributed by atoms with Crippen LogP contribution < -0.4 is 10.2 Å². The third-order valence-corrected chi connectivity index (χ3v) is 2.86. The average molecular weight is 303 g/mol. The summed E-state index contributed by atoms with van der Waals surface area (Å²) in [5.74, 6) is 0.845.